The highest BCUT2D eigenvalue weighted by Gasteiger charge is 2.42. The van der Waals surface area contributed by atoms with E-state index in [4.69, 9.17) is 25.8 Å². The van der Waals surface area contributed by atoms with Crippen LogP contribution in [0, 0.1) is 12.3 Å². The topological polar surface area (TPSA) is 68.3 Å². The molecule has 2 aliphatic heterocycles. The van der Waals surface area contributed by atoms with Gasteiger partial charge < -0.3 is 24.0 Å². The van der Waals surface area contributed by atoms with Crippen molar-refractivity contribution in [3.63, 3.8) is 0 Å². The largest absolute Gasteiger partial charge is 0.493 e. The number of benzene rings is 2. The zero-order chi connectivity index (χ0) is 25.7. The summed E-state index contributed by atoms with van der Waals surface area (Å²) in [4.78, 5) is 29.4. The lowest BCUT2D eigenvalue weighted by Gasteiger charge is -2.39. The molecule has 2 heterocycles. The van der Waals surface area contributed by atoms with E-state index in [2.05, 4.69) is 0 Å². The SMILES string of the molecule is COc1ccc(C=CC(=O)N2CCC3(CCN(C(=O)COc4ccccc4C)CC3)C2)c(Cl)c1OC. The summed E-state index contributed by atoms with van der Waals surface area (Å²) in [6.07, 6.45) is 6.00. The molecule has 36 heavy (non-hydrogen) atoms. The molecule has 192 valence electrons. The Kier molecular flexibility index (Phi) is 8.09. The van der Waals surface area contributed by atoms with Gasteiger partial charge in [-0.1, -0.05) is 29.8 Å². The molecule has 0 N–H and O–H groups in total. The van der Waals surface area contributed by atoms with Crippen molar-refractivity contribution in [3.05, 3.63) is 58.6 Å². The van der Waals surface area contributed by atoms with E-state index in [1.54, 1.807) is 31.4 Å². The van der Waals surface area contributed by atoms with Gasteiger partial charge in [-0.3, -0.25) is 9.59 Å². The van der Waals surface area contributed by atoms with Crippen molar-refractivity contribution in [2.75, 3.05) is 47.0 Å². The number of piperidine rings is 1. The molecule has 2 aromatic carbocycles. The first-order valence-electron chi connectivity index (χ1n) is 12.2. The van der Waals surface area contributed by atoms with Gasteiger partial charge in [0.25, 0.3) is 5.91 Å². The fourth-order valence-electron chi connectivity index (χ4n) is 5.01. The van der Waals surface area contributed by atoms with Gasteiger partial charge >= 0.3 is 0 Å². The zero-order valence-electron chi connectivity index (χ0n) is 21.1. The molecule has 2 fully saturated rings. The molecule has 0 aliphatic carbocycles. The molecule has 0 atom stereocenters. The summed E-state index contributed by atoms with van der Waals surface area (Å²) in [7, 11) is 3.08. The number of methoxy groups -OCH3 is 2. The number of hydrogen-bond acceptors (Lipinski definition) is 5. The number of likely N-dealkylation sites (tertiary alicyclic amines) is 2. The number of para-hydroxylation sites is 1. The monoisotopic (exact) mass is 512 g/mol. The Hall–Kier alpha value is -3.19. The Bertz CT molecular complexity index is 1140. The van der Waals surface area contributed by atoms with E-state index < -0.39 is 0 Å². The lowest BCUT2D eigenvalue weighted by atomic mass is 9.78. The summed E-state index contributed by atoms with van der Waals surface area (Å²) >= 11 is 6.43. The second kappa shape index (κ2) is 11.2. The first kappa shape index (κ1) is 25.9. The standard InChI is InChI=1S/C28H33ClN2O5/c1-20-6-4-5-7-22(20)36-18-25(33)30-15-12-28(13-16-30)14-17-31(19-28)24(32)11-9-21-8-10-23(34-2)27(35-3)26(21)29/h4-11H,12-19H2,1-3H3. The summed E-state index contributed by atoms with van der Waals surface area (Å²) in [6, 6.07) is 11.3. The number of ether oxygens (including phenoxy) is 3. The highest BCUT2D eigenvalue weighted by molar-refractivity contribution is 6.33. The van der Waals surface area contributed by atoms with Crippen LogP contribution in [0.15, 0.2) is 42.5 Å². The minimum atomic E-state index is -0.0390. The molecule has 0 aromatic heterocycles. The quantitative estimate of drug-likeness (QED) is 0.507. The molecule has 7 nitrogen and oxygen atoms in total. The van der Waals surface area contributed by atoms with Gasteiger partial charge in [0.1, 0.15) is 5.75 Å². The third-order valence-electron chi connectivity index (χ3n) is 7.29. The Morgan fingerprint density at radius 1 is 0.972 bits per heavy atom. The number of amides is 2. The van der Waals surface area contributed by atoms with Crippen molar-refractivity contribution in [1.82, 2.24) is 9.80 Å². The Balaban J connectivity index is 1.29. The number of halogens is 1. The Morgan fingerprint density at radius 2 is 1.67 bits per heavy atom. The number of rotatable bonds is 7. The fraction of sp³-hybridized carbons (Fsp3) is 0.429. The molecule has 0 radical (unpaired) electrons. The van der Waals surface area contributed by atoms with E-state index in [0.29, 0.717) is 48.3 Å². The van der Waals surface area contributed by atoms with Gasteiger partial charge in [-0.05, 0) is 67.0 Å². The van der Waals surface area contributed by atoms with Crippen molar-refractivity contribution in [2.45, 2.75) is 26.2 Å². The maximum absolute atomic E-state index is 12.9. The number of hydrogen-bond donors (Lipinski definition) is 0. The molecule has 4 rings (SSSR count). The van der Waals surface area contributed by atoms with Crippen LogP contribution in [0.4, 0.5) is 0 Å². The minimum absolute atomic E-state index is 0.00812. The van der Waals surface area contributed by atoms with Gasteiger partial charge in [0.15, 0.2) is 18.1 Å². The predicted molar refractivity (Wildman–Crippen MR) is 140 cm³/mol. The van der Waals surface area contributed by atoms with E-state index in [1.807, 2.05) is 41.0 Å². The van der Waals surface area contributed by atoms with Crippen LogP contribution in [0.3, 0.4) is 0 Å². The van der Waals surface area contributed by atoms with E-state index in [9.17, 15) is 9.59 Å². The van der Waals surface area contributed by atoms with Crippen LogP contribution in [-0.2, 0) is 9.59 Å². The average molecular weight is 513 g/mol. The maximum atomic E-state index is 12.9. The van der Waals surface area contributed by atoms with Gasteiger partial charge in [-0.15, -0.1) is 0 Å². The molecule has 2 saturated heterocycles. The summed E-state index contributed by atoms with van der Waals surface area (Å²) < 4.78 is 16.3. The summed E-state index contributed by atoms with van der Waals surface area (Å²) in [5, 5.41) is 0.405. The minimum Gasteiger partial charge on any atom is -0.493 e. The van der Waals surface area contributed by atoms with Crippen LogP contribution in [0.25, 0.3) is 6.08 Å². The summed E-state index contributed by atoms with van der Waals surface area (Å²) in [5.74, 6) is 1.70. The molecule has 2 aromatic rings. The van der Waals surface area contributed by atoms with E-state index in [1.165, 1.54) is 7.11 Å². The molecule has 2 amide bonds. The highest BCUT2D eigenvalue weighted by Crippen LogP contribution is 2.41. The lowest BCUT2D eigenvalue weighted by molar-refractivity contribution is -0.136. The average Bonchev–Trinajstić information content (AvgIpc) is 3.30. The van der Waals surface area contributed by atoms with E-state index in [0.717, 1.165) is 30.6 Å². The molecule has 1 spiro atoms. The molecule has 0 bridgehead atoms. The van der Waals surface area contributed by atoms with Crippen LogP contribution in [-0.4, -0.2) is 68.6 Å². The molecule has 8 heteroatoms. The van der Waals surface area contributed by atoms with Crippen molar-refractivity contribution >= 4 is 29.5 Å². The van der Waals surface area contributed by atoms with Crippen LogP contribution in [0.5, 0.6) is 17.2 Å². The Morgan fingerprint density at radius 3 is 2.33 bits per heavy atom. The van der Waals surface area contributed by atoms with Gasteiger partial charge in [-0.2, -0.15) is 0 Å². The van der Waals surface area contributed by atoms with E-state index in [-0.39, 0.29) is 23.8 Å². The van der Waals surface area contributed by atoms with Crippen LogP contribution >= 0.6 is 11.6 Å². The normalized spacial score (nSPS) is 17.0. The smallest absolute Gasteiger partial charge is 0.260 e. The van der Waals surface area contributed by atoms with Gasteiger partial charge in [0.05, 0.1) is 19.2 Å². The third-order valence-corrected chi connectivity index (χ3v) is 7.68. The molecular formula is C28H33ClN2O5. The first-order chi connectivity index (χ1) is 17.4. The van der Waals surface area contributed by atoms with Crippen molar-refractivity contribution in [3.8, 4) is 17.2 Å². The molecule has 0 unspecified atom stereocenters. The second-order valence-electron chi connectivity index (χ2n) is 9.48. The highest BCUT2D eigenvalue weighted by atomic mass is 35.5. The molecular weight excluding hydrogens is 480 g/mol. The van der Waals surface area contributed by atoms with Crippen LogP contribution < -0.4 is 14.2 Å². The van der Waals surface area contributed by atoms with Crippen LogP contribution in [0.1, 0.15) is 30.4 Å². The molecule has 0 saturated carbocycles. The predicted octanol–water partition coefficient (Wildman–Crippen LogP) is 4.60. The van der Waals surface area contributed by atoms with E-state index >= 15 is 0 Å². The number of carbonyl (C=O) groups excluding carboxylic acids is 2. The number of aryl methyl sites for hydroxylation is 1. The van der Waals surface area contributed by atoms with Crippen molar-refractivity contribution in [1.29, 1.82) is 0 Å². The van der Waals surface area contributed by atoms with Gasteiger partial charge in [0.2, 0.25) is 5.91 Å². The van der Waals surface area contributed by atoms with Crippen molar-refractivity contribution in [2.24, 2.45) is 5.41 Å². The Labute approximate surface area is 217 Å². The number of nitrogens with zero attached hydrogens (tertiary/aromatic N) is 2. The summed E-state index contributed by atoms with van der Waals surface area (Å²) in [5.41, 5.74) is 1.77. The summed E-state index contributed by atoms with van der Waals surface area (Å²) in [6.45, 7) is 4.82. The maximum Gasteiger partial charge on any atom is 0.260 e. The van der Waals surface area contributed by atoms with Crippen molar-refractivity contribution < 1.29 is 23.8 Å². The zero-order valence-corrected chi connectivity index (χ0v) is 21.8. The third kappa shape index (κ3) is 5.62. The first-order valence-corrected chi connectivity index (χ1v) is 12.6. The number of carbonyl (C=O) groups is 2. The van der Waals surface area contributed by atoms with Gasteiger partial charge in [0, 0.05) is 32.3 Å². The lowest BCUT2D eigenvalue weighted by Crippen LogP contribution is -2.46. The van der Waals surface area contributed by atoms with Crippen LogP contribution in [0.2, 0.25) is 5.02 Å². The molecule has 2 aliphatic rings. The second-order valence-corrected chi connectivity index (χ2v) is 9.86. The van der Waals surface area contributed by atoms with Gasteiger partial charge in [-0.25, -0.2) is 0 Å². The fourth-order valence-corrected chi connectivity index (χ4v) is 5.31.